The maximum atomic E-state index is 12.8. The summed E-state index contributed by atoms with van der Waals surface area (Å²) in [4.78, 5) is 14.8. The highest BCUT2D eigenvalue weighted by Gasteiger charge is 2.24. The molecule has 5 heteroatoms. The van der Waals surface area contributed by atoms with E-state index in [-0.39, 0.29) is 12.5 Å². The van der Waals surface area contributed by atoms with Crippen molar-refractivity contribution in [3.8, 4) is 17.6 Å². The number of amides is 1. The van der Waals surface area contributed by atoms with Crippen LogP contribution in [0.25, 0.3) is 0 Å². The lowest BCUT2D eigenvalue weighted by molar-refractivity contribution is 0.0672. The van der Waals surface area contributed by atoms with Crippen LogP contribution < -0.4 is 10.1 Å². The molecular weight excluding hydrogens is 364 g/mol. The molecule has 1 atom stereocenters. The number of ether oxygens (including phenoxy) is 1. The molecule has 5 nitrogen and oxygen atoms in total. The van der Waals surface area contributed by atoms with Crippen LogP contribution in [0.3, 0.4) is 0 Å². The minimum absolute atomic E-state index is 0.0755. The predicted molar refractivity (Wildman–Crippen MR) is 114 cm³/mol. The second-order valence-corrected chi connectivity index (χ2v) is 7.24. The number of methoxy groups -OCH3 is 1. The molecule has 1 saturated heterocycles. The van der Waals surface area contributed by atoms with E-state index in [0.717, 1.165) is 49.4 Å². The Balaban J connectivity index is 1.59. The predicted octanol–water partition coefficient (Wildman–Crippen LogP) is 2.53. The van der Waals surface area contributed by atoms with Gasteiger partial charge in [0.15, 0.2) is 0 Å². The lowest BCUT2D eigenvalue weighted by Crippen LogP contribution is -2.43. The molecule has 0 aromatic heterocycles. The second kappa shape index (κ2) is 10.7. The molecule has 3 rings (SSSR count). The van der Waals surface area contributed by atoms with Crippen LogP contribution in [0.5, 0.6) is 5.75 Å². The number of piperidine rings is 1. The van der Waals surface area contributed by atoms with Crippen molar-refractivity contribution in [2.24, 2.45) is 5.92 Å². The van der Waals surface area contributed by atoms with Crippen LogP contribution in [-0.2, 0) is 0 Å². The molecule has 0 saturated carbocycles. The molecule has 0 aliphatic carbocycles. The van der Waals surface area contributed by atoms with Crippen molar-refractivity contribution in [1.29, 1.82) is 0 Å². The highest BCUT2D eigenvalue weighted by molar-refractivity contribution is 5.94. The van der Waals surface area contributed by atoms with Crippen molar-refractivity contribution in [1.82, 2.24) is 10.2 Å². The van der Waals surface area contributed by atoms with Gasteiger partial charge in [-0.05, 0) is 73.8 Å². The number of carbonyl (C=O) groups is 1. The normalized spacial score (nSPS) is 16.1. The summed E-state index contributed by atoms with van der Waals surface area (Å²) in [7, 11) is 1.64. The average molecular weight is 392 g/mol. The molecule has 1 amide bonds. The highest BCUT2D eigenvalue weighted by atomic mass is 16.5. The summed E-state index contributed by atoms with van der Waals surface area (Å²) in [6, 6.07) is 15.1. The summed E-state index contributed by atoms with van der Waals surface area (Å²) in [5, 5.41) is 12.1. The molecule has 2 N–H and O–H groups in total. The standard InChI is InChI=1S/C24H28N2O3/c1-29-23-12-8-20(9-13-23)5-4-19-6-10-22(11-7-19)24(28)26-15-2-3-21(18-26)17-25-14-16-27/h6-13,21,25,27H,2-3,14-18H2,1H3. The zero-order chi connectivity index (χ0) is 20.5. The topological polar surface area (TPSA) is 61.8 Å². The Morgan fingerprint density at radius 3 is 2.41 bits per heavy atom. The molecule has 0 spiro atoms. The van der Waals surface area contributed by atoms with Crippen molar-refractivity contribution in [2.45, 2.75) is 12.8 Å². The van der Waals surface area contributed by atoms with Gasteiger partial charge in [-0.2, -0.15) is 0 Å². The molecule has 152 valence electrons. The van der Waals surface area contributed by atoms with Gasteiger partial charge < -0.3 is 20.1 Å². The summed E-state index contributed by atoms with van der Waals surface area (Å²) in [5.41, 5.74) is 2.49. The fourth-order valence-corrected chi connectivity index (χ4v) is 3.50. The van der Waals surface area contributed by atoms with Gasteiger partial charge in [0.05, 0.1) is 13.7 Å². The molecule has 1 heterocycles. The van der Waals surface area contributed by atoms with Crippen molar-refractivity contribution < 1.29 is 14.6 Å². The number of rotatable bonds is 6. The maximum absolute atomic E-state index is 12.8. The van der Waals surface area contributed by atoms with Crippen LogP contribution in [0, 0.1) is 17.8 Å². The van der Waals surface area contributed by atoms with Gasteiger partial charge in [0, 0.05) is 36.3 Å². The van der Waals surface area contributed by atoms with E-state index in [4.69, 9.17) is 9.84 Å². The van der Waals surface area contributed by atoms with E-state index in [1.165, 1.54) is 0 Å². The van der Waals surface area contributed by atoms with E-state index in [9.17, 15) is 4.79 Å². The number of nitrogens with one attached hydrogen (secondary N) is 1. The van der Waals surface area contributed by atoms with Gasteiger partial charge >= 0.3 is 0 Å². The van der Waals surface area contributed by atoms with Crippen LogP contribution >= 0.6 is 0 Å². The molecule has 0 bridgehead atoms. The Labute approximate surface area is 172 Å². The summed E-state index contributed by atoms with van der Waals surface area (Å²) in [6.07, 6.45) is 2.13. The van der Waals surface area contributed by atoms with Gasteiger partial charge in [0.1, 0.15) is 5.75 Å². The van der Waals surface area contributed by atoms with Crippen LogP contribution in [-0.4, -0.2) is 55.8 Å². The number of likely N-dealkylation sites (tertiary alicyclic amines) is 1. The summed E-state index contributed by atoms with van der Waals surface area (Å²) < 4.78 is 5.15. The molecule has 1 fully saturated rings. The smallest absolute Gasteiger partial charge is 0.253 e. The molecule has 1 aliphatic heterocycles. The fraction of sp³-hybridized carbons (Fsp3) is 0.375. The largest absolute Gasteiger partial charge is 0.497 e. The third-order valence-electron chi connectivity index (χ3n) is 5.10. The Morgan fingerprint density at radius 2 is 1.79 bits per heavy atom. The monoisotopic (exact) mass is 392 g/mol. The molecule has 29 heavy (non-hydrogen) atoms. The van der Waals surface area contributed by atoms with E-state index in [1.807, 2.05) is 53.4 Å². The molecule has 1 aliphatic rings. The lowest BCUT2D eigenvalue weighted by atomic mass is 9.97. The van der Waals surface area contributed by atoms with Gasteiger partial charge in [-0.1, -0.05) is 11.8 Å². The van der Waals surface area contributed by atoms with E-state index in [0.29, 0.717) is 18.0 Å². The third-order valence-corrected chi connectivity index (χ3v) is 5.10. The number of hydrogen-bond donors (Lipinski definition) is 2. The minimum Gasteiger partial charge on any atom is -0.497 e. The number of benzene rings is 2. The maximum Gasteiger partial charge on any atom is 0.253 e. The van der Waals surface area contributed by atoms with Crippen molar-refractivity contribution in [3.63, 3.8) is 0 Å². The van der Waals surface area contributed by atoms with Gasteiger partial charge in [0.2, 0.25) is 0 Å². The van der Waals surface area contributed by atoms with E-state index in [1.54, 1.807) is 7.11 Å². The molecule has 2 aromatic rings. The first-order valence-electron chi connectivity index (χ1n) is 10.1. The Morgan fingerprint density at radius 1 is 1.14 bits per heavy atom. The number of nitrogens with zero attached hydrogens (tertiary/aromatic N) is 1. The number of aliphatic hydroxyl groups is 1. The SMILES string of the molecule is COc1ccc(C#Cc2ccc(C(=O)N3CCCC(CNCCO)C3)cc2)cc1. The Bertz CT molecular complexity index is 850. The first-order valence-corrected chi connectivity index (χ1v) is 10.1. The van der Waals surface area contributed by atoms with Crippen molar-refractivity contribution >= 4 is 5.91 Å². The van der Waals surface area contributed by atoms with Crippen LogP contribution in [0.1, 0.15) is 34.3 Å². The van der Waals surface area contributed by atoms with Crippen LogP contribution in [0.2, 0.25) is 0 Å². The summed E-state index contributed by atoms with van der Waals surface area (Å²) in [5.74, 6) is 7.59. The van der Waals surface area contributed by atoms with Crippen molar-refractivity contribution in [3.05, 3.63) is 65.2 Å². The average Bonchev–Trinajstić information content (AvgIpc) is 2.78. The number of carbonyl (C=O) groups excluding carboxylic acids is 1. The number of aliphatic hydroxyl groups excluding tert-OH is 1. The van der Waals surface area contributed by atoms with E-state index < -0.39 is 0 Å². The zero-order valence-electron chi connectivity index (χ0n) is 16.9. The van der Waals surface area contributed by atoms with E-state index >= 15 is 0 Å². The van der Waals surface area contributed by atoms with Gasteiger partial charge in [-0.25, -0.2) is 0 Å². The number of hydrogen-bond acceptors (Lipinski definition) is 4. The summed E-state index contributed by atoms with van der Waals surface area (Å²) >= 11 is 0. The fourth-order valence-electron chi connectivity index (χ4n) is 3.50. The first-order chi connectivity index (χ1) is 14.2. The van der Waals surface area contributed by atoms with Gasteiger partial charge in [-0.3, -0.25) is 4.79 Å². The van der Waals surface area contributed by atoms with E-state index in [2.05, 4.69) is 17.2 Å². The molecular formula is C24H28N2O3. The lowest BCUT2D eigenvalue weighted by Gasteiger charge is -2.33. The van der Waals surface area contributed by atoms with Crippen LogP contribution in [0.15, 0.2) is 48.5 Å². The second-order valence-electron chi connectivity index (χ2n) is 7.24. The molecule has 2 aromatic carbocycles. The quantitative estimate of drug-likeness (QED) is 0.586. The van der Waals surface area contributed by atoms with Gasteiger partial charge in [0.25, 0.3) is 5.91 Å². The Hall–Kier alpha value is -2.81. The van der Waals surface area contributed by atoms with Gasteiger partial charge in [-0.15, -0.1) is 0 Å². The molecule has 1 unspecified atom stereocenters. The first kappa shape index (κ1) is 20.9. The third kappa shape index (κ3) is 6.08. The minimum atomic E-state index is 0.0755. The molecule has 0 radical (unpaired) electrons. The summed E-state index contributed by atoms with van der Waals surface area (Å²) in [6.45, 7) is 3.14. The highest BCUT2D eigenvalue weighted by Crippen LogP contribution is 2.18. The van der Waals surface area contributed by atoms with Crippen LogP contribution in [0.4, 0.5) is 0 Å². The Kier molecular flexibility index (Phi) is 7.69. The zero-order valence-corrected chi connectivity index (χ0v) is 16.9. The van der Waals surface area contributed by atoms with Crippen molar-refractivity contribution in [2.75, 3.05) is 39.9 Å².